The first-order chi connectivity index (χ1) is 18.3. The van der Waals surface area contributed by atoms with Crippen molar-refractivity contribution in [2.24, 2.45) is 0 Å². The molecule has 2 aromatic rings. The maximum atomic E-state index is 13.7. The highest BCUT2D eigenvalue weighted by Gasteiger charge is 2.38. The summed E-state index contributed by atoms with van der Waals surface area (Å²) in [5, 5.41) is 9.52. The molecule has 13 heteroatoms. The quantitative estimate of drug-likeness (QED) is 0.403. The van der Waals surface area contributed by atoms with Gasteiger partial charge in [0, 0.05) is 48.6 Å². The fraction of sp³-hybridized carbons (Fsp3) is 0.538. The van der Waals surface area contributed by atoms with E-state index in [-0.39, 0.29) is 30.4 Å². The molecule has 9 nitrogen and oxygen atoms in total. The Morgan fingerprint density at radius 1 is 1.18 bits per heavy atom. The SMILES string of the molecule is C[S+]([O-])c1nc2c(c(N3CCN(C(=O)OC(C)(C)C)C(CC#N)C3)n1)CCN(c1ccccc1C(F)(F)F)C2. The smallest absolute Gasteiger partial charge is 0.418 e. The number of aromatic nitrogens is 2. The number of benzene rings is 1. The maximum Gasteiger partial charge on any atom is 0.418 e. The summed E-state index contributed by atoms with van der Waals surface area (Å²) in [5.74, 6) is 0.542. The topological polar surface area (TPSA) is 109 Å². The first kappa shape index (κ1) is 28.8. The van der Waals surface area contributed by atoms with Gasteiger partial charge in [0.15, 0.2) is 0 Å². The number of hydrogen-bond acceptors (Lipinski definition) is 8. The summed E-state index contributed by atoms with van der Waals surface area (Å²) in [6.07, 6.45) is -3.10. The van der Waals surface area contributed by atoms with Crippen molar-refractivity contribution in [1.29, 1.82) is 5.26 Å². The first-order valence-corrected chi connectivity index (χ1v) is 14.1. The Bertz CT molecular complexity index is 1260. The van der Waals surface area contributed by atoms with Crippen LogP contribution in [-0.4, -0.2) is 69.6 Å². The molecule has 2 aliphatic heterocycles. The van der Waals surface area contributed by atoms with E-state index in [2.05, 4.69) is 16.0 Å². The van der Waals surface area contributed by atoms with E-state index in [0.717, 1.165) is 11.6 Å². The Hall–Kier alpha value is -3.24. The van der Waals surface area contributed by atoms with Crippen molar-refractivity contribution in [3.63, 3.8) is 0 Å². The molecule has 0 saturated carbocycles. The average molecular weight is 565 g/mol. The van der Waals surface area contributed by atoms with Gasteiger partial charge in [-0.25, -0.2) is 4.79 Å². The minimum atomic E-state index is -4.51. The Kier molecular flexibility index (Phi) is 8.18. The van der Waals surface area contributed by atoms with Gasteiger partial charge in [-0.3, -0.25) is 0 Å². The summed E-state index contributed by atoms with van der Waals surface area (Å²) in [6, 6.07) is 7.10. The van der Waals surface area contributed by atoms with Crippen molar-refractivity contribution in [3.05, 3.63) is 41.1 Å². The minimum absolute atomic E-state index is 0.0649. The Morgan fingerprint density at radius 2 is 1.90 bits per heavy atom. The number of para-hydroxylation sites is 1. The highest BCUT2D eigenvalue weighted by atomic mass is 32.2. The number of rotatable bonds is 4. The molecule has 0 N–H and O–H groups in total. The molecule has 2 atom stereocenters. The van der Waals surface area contributed by atoms with Crippen LogP contribution in [0.1, 0.15) is 44.0 Å². The van der Waals surface area contributed by atoms with Crippen LogP contribution in [0.5, 0.6) is 0 Å². The van der Waals surface area contributed by atoms with E-state index >= 15 is 0 Å². The van der Waals surface area contributed by atoms with Crippen LogP contribution in [0.3, 0.4) is 0 Å². The van der Waals surface area contributed by atoms with Crippen LogP contribution in [0.25, 0.3) is 0 Å². The molecule has 39 heavy (non-hydrogen) atoms. The van der Waals surface area contributed by atoms with Gasteiger partial charge in [0.25, 0.3) is 0 Å². The predicted molar refractivity (Wildman–Crippen MR) is 140 cm³/mol. The van der Waals surface area contributed by atoms with Gasteiger partial charge in [-0.15, -0.1) is 0 Å². The molecular formula is C26H31F3N6O3S. The second-order valence-corrected chi connectivity index (χ2v) is 11.8. The molecule has 0 radical (unpaired) electrons. The first-order valence-electron chi connectivity index (χ1n) is 12.5. The standard InChI is InChI=1S/C26H31F3N6O3S/c1-25(2,3)38-24(36)35-14-13-34(15-17(35)9-11-30)22-18-10-12-33(16-20(18)31-23(32-22)39(4)37)21-8-6-5-7-19(21)26(27,28)29/h5-8,17H,9-10,12-16H2,1-4H3. The lowest BCUT2D eigenvalue weighted by Gasteiger charge is -2.42. The lowest BCUT2D eigenvalue weighted by atomic mass is 10.0. The van der Waals surface area contributed by atoms with Crippen molar-refractivity contribution in [3.8, 4) is 6.07 Å². The third-order valence-electron chi connectivity index (χ3n) is 6.57. The fourth-order valence-electron chi connectivity index (χ4n) is 4.86. The molecule has 0 spiro atoms. The van der Waals surface area contributed by atoms with Gasteiger partial charge < -0.3 is 24.0 Å². The Morgan fingerprint density at radius 3 is 2.54 bits per heavy atom. The average Bonchev–Trinajstić information content (AvgIpc) is 2.86. The van der Waals surface area contributed by atoms with Crippen LogP contribution >= 0.6 is 0 Å². The van der Waals surface area contributed by atoms with Gasteiger partial charge in [-0.05, 0) is 39.3 Å². The summed E-state index contributed by atoms with van der Waals surface area (Å²) < 4.78 is 59.1. The lowest BCUT2D eigenvalue weighted by Crippen LogP contribution is -2.56. The predicted octanol–water partition coefficient (Wildman–Crippen LogP) is 4.13. The summed E-state index contributed by atoms with van der Waals surface area (Å²) in [5.41, 5.74) is -0.0609. The third kappa shape index (κ3) is 6.50. The van der Waals surface area contributed by atoms with E-state index < -0.39 is 40.7 Å². The molecule has 0 aliphatic carbocycles. The van der Waals surface area contributed by atoms with Crippen LogP contribution in [0.2, 0.25) is 0 Å². The zero-order valence-electron chi connectivity index (χ0n) is 22.3. The highest BCUT2D eigenvalue weighted by Crippen LogP contribution is 2.39. The van der Waals surface area contributed by atoms with E-state index in [1.807, 2.05) is 4.90 Å². The number of amides is 1. The van der Waals surface area contributed by atoms with Gasteiger partial charge in [-0.2, -0.15) is 28.4 Å². The van der Waals surface area contributed by atoms with Gasteiger partial charge in [0.05, 0.1) is 36.3 Å². The van der Waals surface area contributed by atoms with Gasteiger partial charge in [-0.1, -0.05) is 12.1 Å². The van der Waals surface area contributed by atoms with Crippen LogP contribution in [-0.2, 0) is 35.1 Å². The van der Waals surface area contributed by atoms with Crippen molar-refractivity contribution >= 4 is 28.8 Å². The van der Waals surface area contributed by atoms with Crippen LogP contribution < -0.4 is 9.80 Å². The summed E-state index contributed by atoms with van der Waals surface area (Å²) in [4.78, 5) is 27.0. The number of nitrogens with zero attached hydrogens (tertiary/aromatic N) is 6. The van der Waals surface area contributed by atoms with E-state index in [1.165, 1.54) is 18.4 Å². The number of carbonyl (C=O) groups is 1. The highest BCUT2D eigenvalue weighted by molar-refractivity contribution is 7.90. The number of fused-ring (bicyclic) bond motifs is 1. The second-order valence-electron chi connectivity index (χ2n) is 10.5. The van der Waals surface area contributed by atoms with Crippen molar-refractivity contribution in [2.45, 2.75) is 63.1 Å². The summed E-state index contributed by atoms with van der Waals surface area (Å²) >= 11 is -1.54. The van der Waals surface area contributed by atoms with Crippen molar-refractivity contribution in [2.75, 3.05) is 42.2 Å². The van der Waals surface area contributed by atoms with Gasteiger partial charge in [0.2, 0.25) is 0 Å². The van der Waals surface area contributed by atoms with Gasteiger partial charge in [0.1, 0.15) is 17.7 Å². The largest absolute Gasteiger partial charge is 0.609 e. The molecule has 0 bridgehead atoms. The molecule has 2 aliphatic rings. The fourth-order valence-corrected chi connectivity index (χ4v) is 5.32. The molecule has 1 amide bonds. The molecule has 1 fully saturated rings. The zero-order valence-corrected chi connectivity index (χ0v) is 23.1. The third-order valence-corrected chi connectivity index (χ3v) is 7.26. The number of hydrogen-bond donors (Lipinski definition) is 0. The molecule has 2 unspecified atom stereocenters. The summed E-state index contributed by atoms with van der Waals surface area (Å²) in [7, 11) is 0. The molecule has 3 heterocycles. The maximum absolute atomic E-state index is 13.7. The van der Waals surface area contributed by atoms with Crippen LogP contribution in [0.15, 0.2) is 29.4 Å². The normalized spacial score (nSPS) is 18.8. The molecule has 4 rings (SSSR count). The number of ether oxygens (including phenoxy) is 1. The number of alkyl halides is 3. The van der Waals surface area contributed by atoms with E-state index in [0.29, 0.717) is 37.6 Å². The molecule has 1 saturated heterocycles. The number of carbonyl (C=O) groups excluding carboxylic acids is 1. The van der Waals surface area contributed by atoms with E-state index in [1.54, 1.807) is 36.6 Å². The van der Waals surface area contributed by atoms with Crippen LogP contribution in [0.4, 0.5) is 29.5 Å². The molecule has 210 valence electrons. The second kappa shape index (κ2) is 11.1. The summed E-state index contributed by atoms with van der Waals surface area (Å²) in [6.45, 7) is 6.71. The lowest BCUT2D eigenvalue weighted by molar-refractivity contribution is -0.137. The van der Waals surface area contributed by atoms with Crippen molar-refractivity contribution in [1.82, 2.24) is 14.9 Å². The zero-order chi connectivity index (χ0) is 28.5. The molecular weight excluding hydrogens is 533 g/mol. The van der Waals surface area contributed by atoms with Gasteiger partial charge >= 0.3 is 17.4 Å². The Balaban J connectivity index is 1.65. The minimum Gasteiger partial charge on any atom is -0.609 e. The monoisotopic (exact) mass is 564 g/mol. The molecule has 1 aromatic carbocycles. The number of piperazine rings is 1. The van der Waals surface area contributed by atoms with Crippen molar-refractivity contribution < 1.29 is 27.3 Å². The van der Waals surface area contributed by atoms with E-state index in [4.69, 9.17) is 4.74 Å². The van der Waals surface area contributed by atoms with Crippen LogP contribution in [0, 0.1) is 11.3 Å². The number of halogens is 3. The number of anilines is 2. The Labute approximate surface area is 228 Å². The molecule has 1 aromatic heterocycles. The number of nitriles is 1. The van der Waals surface area contributed by atoms with E-state index in [9.17, 15) is 27.8 Å².